The lowest BCUT2D eigenvalue weighted by Gasteiger charge is -2.44. The zero-order valence-corrected chi connectivity index (χ0v) is 28.8. The molecule has 0 spiro atoms. The van der Waals surface area contributed by atoms with Crippen LogP contribution < -0.4 is 0 Å². The van der Waals surface area contributed by atoms with E-state index in [1.807, 2.05) is 6.07 Å². The lowest BCUT2D eigenvalue weighted by Crippen LogP contribution is -2.53. The van der Waals surface area contributed by atoms with Gasteiger partial charge >= 0.3 is 0 Å². The SMILES string of the molecule is CCCCCCCCC#CC[C@H](O[Si](C)(C)C(C)(C)C)[C@H](COCc1ccccc1)O[Si](C)(C)C(C)(C)C. The molecule has 0 aromatic heterocycles. The molecule has 0 N–H and O–H groups in total. The molecule has 0 aliphatic heterocycles. The zero-order chi connectivity index (χ0) is 28.9. The van der Waals surface area contributed by atoms with Gasteiger partial charge in [-0.1, -0.05) is 111 Å². The predicted molar refractivity (Wildman–Crippen MR) is 171 cm³/mol. The average Bonchev–Trinajstić information content (AvgIpc) is 2.80. The van der Waals surface area contributed by atoms with Gasteiger partial charge in [-0.2, -0.15) is 0 Å². The molecule has 38 heavy (non-hydrogen) atoms. The third-order valence-corrected chi connectivity index (χ3v) is 17.4. The second-order valence-corrected chi connectivity index (χ2v) is 23.4. The van der Waals surface area contributed by atoms with E-state index < -0.39 is 16.6 Å². The molecule has 1 aromatic rings. The summed E-state index contributed by atoms with van der Waals surface area (Å²) >= 11 is 0. The topological polar surface area (TPSA) is 27.7 Å². The van der Waals surface area contributed by atoms with E-state index in [1.54, 1.807) is 0 Å². The molecule has 0 saturated carbocycles. The van der Waals surface area contributed by atoms with Crippen molar-refractivity contribution in [3.05, 3.63) is 35.9 Å². The summed E-state index contributed by atoms with van der Waals surface area (Å²) in [5.41, 5.74) is 1.18. The maximum Gasteiger partial charge on any atom is 0.192 e. The highest BCUT2D eigenvalue weighted by atomic mass is 28.4. The van der Waals surface area contributed by atoms with E-state index in [0.717, 1.165) is 6.42 Å². The fourth-order valence-corrected chi connectivity index (χ4v) is 6.37. The Kier molecular flexibility index (Phi) is 15.1. The number of rotatable bonds is 16. The second-order valence-electron chi connectivity index (χ2n) is 13.9. The molecule has 0 heterocycles. The zero-order valence-electron chi connectivity index (χ0n) is 26.8. The van der Waals surface area contributed by atoms with Gasteiger partial charge in [0.1, 0.15) is 0 Å². The van der Waals surface area contributed by atoms with Gasteiger partial charge in [-0.15, -0.1) is 11.8 Å². The van der Waals surface area contributed by atoms with Crippen molar-refractivity contribution in [2.45, 2.75) is 155 Å². The van der Waals surface area contributed by atoms with Crippen molar-refractivity contribution in [1.82, 2.24) is 0 Å². The highest BCUT2D eigenvalue weighted by Gasteiger charge is 2.44. The molecular weight excluding hydrogens is 501 g/mol. The fourth-order valence-electron chi connectivity index (χ4n) is 3.70. The Hall–Kier alpha value is -0.906. The van der Waals surface area contributed by atoms with E-state index in [1.165, 1.54) is 44.1 Å². The van der Waals surface area contributed by atoms with Gasteiger partial charge in [-0.25, -0.2) is 0 Å². The molecule has 1 rings (SSSR count). The normalized spacial score (nSPS) is 14.6. The van der Waals surface area contributed by atoms with Crippen LogP contribution in [-0.4, -0.2) is 35.4 Å². The lowest BCUT2D eigenvalue weighted by molar-refractivity contribution is -0.0278. The van der Waals surface area contributed by atoms with Gasteiger partial charge in [0.05, 0.1) is 25.4 Å². The summed E-state index contributed by atoms with van der Waals surface area (Å²) < 4.78 is 20.4. The van der Waals surface area contributed by atoms with Crippen molar-refractivity contribution < 1.29 is 13.6 Å². The summed E-state index contributed by atoms with van der Waals surface area (Å²) in [6.07, 6.45) is 9.21. The molecule has 0 radical (unpaired) electrons. The Bertz CT molecular complexity index is 826. The van der Waals surface area contributed by atoms with Gasteiger partial charge in [0, 0.05) is 12.8 Å². The molecule has 0 aliphatic rings. The Morgan fingerprint density at radius 2 is 1.24 bits per heavy atom. The molecule has 2 atom stereocenters. The first-order chi connectivity index (χ1) is 17.6. The van der Waals surface area contributed by atoms with E-state index in [0.29, 0.717) is 19.6 Å². The third kappa shape index (κ3) is 13.0. The van der Waals surface area contributed by atoms with Crippen LogP contribution in [-0.2, 0) is 20.2 Å². The van der Waals surface area contributed by atoms with E-state index in [-0.39, 0.29) is 22.3 Å². The molecule has 218 valence electrons. The number of hydrogen-bond acceptors (Lipinski definition) is 3. The van der Waals surface area contributed by atoms with E-state index in [4.69, 9.17) is 13.6 Å². The van der Waals surface area contributed by atoms with Gasteiger partial charge in [-0.3, -0.25) is 0 Å². The van der Waals surface area contributed by atoms with Gasteiger partial charge < -0.3 is 13.6 Å². The highest BCUT2D eigenvalue weighted by molar-refractivity contribution is 6.74. The van der Waals surface area contributed by atoms with Crippen molar-refractivity contribution >= 4 is 16.6 Å². The minimum atomic E-state index is -2.05. The third-order valence-electron chi connectivity index (χ3n) is 8.40. The van der Waals surface area contributed by atoms with Crippen LogP contribution in [0.5, 0.6) is 0 Å². The predicted octanol–water partition coefficient (Wildman–Crippen LogP) is 10.1. The van der Waals surface area contributed by atoms with Crippen LogP contribution in [0.2, 0.25) is 36.3 Å². The molecule has 5 heteroatoms. The van der Waals surface area contributed by atoms with Gasteiger partial charge in [0.2, 0.25) is 0 Å². The Labute approximate surface area is 239 Å². The molecule has 3 nitrogen and oxygen atoms in total. The van der Waals surface area contributed by atoms with Crippen LogP contribution >= 0.6 is 0 Å². The minimum absolute atomic E-state index is 0.0992. The summed E-state index contributed by atoms with van der Waals surface area (Å²) in [7, 11) is -4.09. The first kappa shape index (κ1) is 35.1. The summed E-state index contributed by atoms with van der Waals surface area (Å²) in [4.78, 5) is 0. The molecule has 0 fully saturated rings. The van der Waals surface area contributed by atoms with Crippen molar-refractivity contribution in [1.29, 1.82) is 0 Å². The van der Waals surface area contributed by atoms with E-state index >= 15 is 0 Å². The van der Waals surface area contributed by atoms with Gasteiger partial charge in [0.25, 0.3) is 0 Å². The number of benzene rings is 1. The fraction of sp³-hybridized carbons (Fsp3) is 0.758. The Morgan fingerprint density at radius 1 is 0.711 bits per heavy atom. The Morgan fingerprint density at radius 3 is 1.79 bits per heavy atom. The number of hydrogen-bond donors (Lipinski definition) is 0. The largest absolute Gasteiger partial charge is 0.410 e. The average molecular weight is 561 g/mol. The summed E-state index contributed by atoms with van der Waals surface area (Å²) in [6.45, 7) is 26.5. The van der Waals surface area contributed by atoms with Crippen molar-refractivity contribution in [2.24, 2.45) is 0 Å². The molecule has 0 saturated heterocycles. The molecule has 1 aromatic carbocycles. The first-order valence-electron chi connectivity index (χ1n) is 15.0. The molecular formula is C33H60O3Si2. The van der Waals surface area contributed by atoms with Crippen LogP contribution in [0.25, 0.3) is 0 Å². The van der Waals surface area contributed by atoms with Crippen molar-refractivity contribution in [3.8, 4) is 11.8 Å². The molecule has 0 amide bonds. The van der Waals surface area contributed by atoms with Crippen LogP contribution in [0.15, 0.2) is 30.3 Å². The summed E-state index contributed by atoms with van der Waals surface area (Å²) in [5, 5.41) is 0.221. The highest BCUT2D eigenvalue weighted by Crippen LogP contribution is 2.41. The first-order valence-corrected chi connectivity index (χ1v) is 20.9. The lowest BCUT2D eigenvalue weighted by atomic mass is 10.1. The smallest absolute Gasteiger partial charge is 0.192 e. The number of unbranched alkanes of at least 4 members (excludes halogenated alkanes) is 6. The van der Waals surface area contributed by atoms with Crippen LogP contribution in [0, 0.1) is 11.8 Å². The number of ether oxygens (including phenoxy) is 1. The maximum atomic E-state index is 7.05. The van der Waals surface area contributed by atoms with E-state index in [2.05, 4.69) is 111 Å². The standard InChI is InChI=1S/C33H60O3Si2/c1-12-13-14-15-16-17-18-19-23-26-30(35-37(8,9)32(2,3)4)31(36-38(10,11)33(5,6)7)28-34-27-29-24-21-20-22-25-29/h20-22,24-25,30-31H,12-18,26-28H2,1-11H3/t30-,31-/m0/s1. The minimum Gasteiger partial charge on any atom is -0.410 e. The summed E-state index contributed by atoms with van der Waals surface area (Å²) in [6, 6.07) is 10.4. The molecule has 0 bridgehead atoms. The van der Waals surface area contributed by atoms with Crippen LogP contribution in [0.3, 0.4) is 0 Å². The van der Waals surface area contributed by atoms with E-state index in [9.17, 15) is 0 Å². The Balaban J connectivity index is 3.08. The van der Waals surface area contributed by atoms with Gasteiger partial charge in [0.15, 0.2) is 16.6 Å². The van der Waals surface area contributed by atoms with Crippen molar-refractivity contribution in [3.63, 3.8) is 0 Å². The monoisotopic (exact) mass is 560 g/mol. The van der Waals surface area contributed by atoms with Gasteiger partial charge in [-0.05, 0) is 48.2 Å². The van der Waals surface area contributed by atoms with Crippen LogP contribution in [0.4, 0.5) is 0 Å². The maximum absolute atomic E-state index is 7.05. The molecule has 0 unspecified atom stereocenters. The summed E-state index contributed by atoms with van der Waals surface area (Å²) in [5.74, 6) is 6.96. The molecule has 0 aliphatic carbocycles. The second kappa shape index (κ2) is 16.4. The quantitative estimate of drug-likeness (QED) is 0.114. The van der Waals surface area contributed by atoms with Crippen molar-refractivity contribution in [2.75, 3.05) is 6.61 Å². The van der Waals surface area contributed by atoms with Crippen LogP contribution in [0.1, 0.15) is 105 Å².